The van der Waals surface area contributed by atoms with Gasteiger partial charge in [-0.15, -0.1) is 0 Å². The van der Waals surface area contributed by atoms with E-state index in [2.05, 4.69) is 30.5 Å². The highest BCUT2D eigenvalue weighted by molar-refractivity contribution is 5.17. The Labute approximate surface area is 115 Å². The van der Waals surface area contributed by atoms with Crippen LogP contribution < -0.4 is 5.32 Å². The molecule has 1 unspecified atom stereocenters. The molecule has 2 heterocycles. The third kappa shape index (κ3) is 3.16. The first kappa shape index (κ1) is 14.5. The van der Waals surface area contributed by atoms with Crippen LogP contribution in [-0.4, -0.2) is 41.7 Å². The van der Waals surface area contributed by atoms with Crippen LogP contribution in [0, 0.1) is 0 Å². The van der Waals surface area contributed by atoms with E-state index < -0.39 is 0 Å². The number of aromatic nitrogens is 2. The van der Waals surface area contributed by atoms with Crippen LogP contribution in [0.3, 0.4) is 0 Å². The lowest BCUT2D eigenvalue weighted by molar-refractivity contribution is -0.127. The molecule has 5 heteroatoms. The maximum atomic E-state index is 6.17. The van der Waals surface area contributed by atoms with Crippen molar-refractivity contribution in [3.63, 3.8) is 0 Å². The third-order valence-corrected chi connectivity index (χ3v) is 3.76. The molecular formula is C14H25N3O2. The zero-order chi connectivity index (χ0) is 13.7. The minimum Gasteiger partial charge on any atom is -0.381 e. The minimum atomic E-state index is -0.175. The van der Waals surface area contributed by atoms with E-state index in [-0.39, 0.29) is 11.6 Å². The van der Waals surface area contributed by atoms with Crippen molar-refractivity contribution in [2.24, 2.45) is 7.05 Å². The van der Waals surface area contributed by atoms with Crippen LogP contribution in [-0.2, 0) is 16.5 Å². The monoisotopic (exact) mass is 267 g/mol. The fourth-order valence-electron chi connectivity index (χ4n) is 2.92. The highest BCUT2D eigenvalue weighted by atomic mass is 16.5. The highest BCUT2D eigenvalue weighted by Gasteiger charge is 2.42. The summed E-state index contributed by atoms with van der Waals surface area (Å²) in [4.78, 5) is 0. The van der Waals surface area contributed by atoms with Gasteiger partial charge < -0.3 is 14.8 Å². The summed E-state index contributed by atoms with van der Waals surface area (Å²) < 4.78 is 13.5. The van der Waals surface area contributed by atoms with Crippen molar-refractivity contribution < 1.29 is 9.47 Å². The average molecular weight is 267 g/mol. The van der Waals surface area contributed by atoms with Gasteiger partial charge in [-0.25, -0.2) is 0 Å². The number of hydrogen-bond donors (Lipinski definition) is 1. The summed E-state index contributed by atoms with van der Waals surface area (Å²) in [6, 6.07) is 0.176. The van der Waals surface area contributed by atoms with Crippen molar-refractivity contribution in [1.29, 1.82) is 0 Å². The average Bonchev–Trinajstić information content (AvgIpc) is 2.83. The van der Waals surface area contributed by atoms with Crippen LogP contribution in [0.15, 0.2) is 12.4 Å². The van der Waals surface area contributed by atoms with Gasteiger partial charge in [0, 0.05) is 51.5 Å². The van der Waals surface area contributed by atoms with Crippen LogP contribution in [0.25, 0.3) is 0 Å². The van der Waals surface area contributed by atoms with E-state index in [0.29, 0.717) is 0 Å². The predicted octanol–water partition coefficient (Wildman–Crippen LogP) is 1.66. The van der Waals surface area contributed by atoms with E-state index in [1.165, 1.54) is 5.56 Å². The Morgan fingerprint density at radius 3 is 2.74 bits per heavy atom. The Kier molecular flexibility index (Phi) is 4.96. The standard InChI is InChI=1S/C14H25N3O2/c1-4-15-13(12-10-16-17(3)11-12)14(19-5-2)6-8-18-9-7-14/h10-11,13,15H,4-9H2,1-3H3. The molecule has 1 N–H and O–H groups in total. The fraction of sp³-hybridized carbons (Fsp3) is 0.786. The van der Waals surface area contributed by atoms with Gasteiger partial charge in [0.25, 0.3) is 0 Å². The van der Waals surface area contributed by atoms with Crippen molar-refractivity contribution in [2.75, 3.05) is 26.4 Å². The molecule has 0 spiro atoms. The van der Waals surface area contributed by atoms with Crippen molar-refractivity contribution in [1.82, 2.24) is 15.1 Å². The van der Waals surface area contributed by atoms with Gasteiger partial charge in [-0.1, -0.05) is 6.92 Å². The van der Waals surface area contributed by atoms with Gasteiger partial charge >= 0.3 is 0 Å². The Hall–Kier alpha value is -0.910. The van der Waals surface area contributed by atoms with E-state index in [1.807, 2.05) is 17.9 Å². The summed E-state index contributed by atoms with van der Waals surface area (Å²) in [6.07, 6.45) is 5.86. The number of nitrogens with zero attached hydrogens (tertiary/aromatic N) is 2. The molecular weight excluding hydrogens is 242 g/mol. The second kappa shape index (κ2) is 6.50. The zero-order valence-electron chi connectivity index (χ0n) is 12.2. The molecule has 5 nitrogen and oxygen atoms in total. The van der Waals surface area contributed by atoms with Crippen LogP contribution in [0.2, 0.25) is 0 Å². The first-order valence-electron chi connectivity index (χ1n) is 7.15. The van der Waals surface area contributed by atoms with Gasteiger partial charge in [-0.2, -0.15) is 5.10 Å². The molecule has 0 bridgehead atoms. The third-order valence-electron chi connectivity index (χ3n) is 3.76. The second-order valence-electron chi connectivity index (χ2n) is 5.05. The molecule has 1 aromatic rings. The smallest absolute Gasteiger partial charge is 0.0921 e. The molecule has 1 saturated heterocycles. The van der Waals surface area contributed by atoms with E-state index >= 15 is 0 Å². The maximum Gasteiger partial charge on any atom is 0.0921 e. The molecule has 1 aliphatic rings. The lowest BCUT2D eigenvalue weighted by Crippen LogP contribution is -2.49. The summed E-state index contributed by atoms with van der Waals surface area (Å²) in [5.41, 5.74) is 1.02. The van der Waals surface area contributed by atoms with Gasteiger partial charge in [0.15, 0.2) is 0 Å². The molecule has 1 atom stereocenters. The zero-order valence-corrected chi connectivity index (χ0v) is 12.2. The molecule has 0 aliphatic carbocycles. The second-order valence-corrected chi connectivity index (χ2v) is 5.05. The molecule has 0 radical (unpaired) electrons. The predicted molar refractivity (Wildman–Crippen MR) is 74.0 cm³/mol. The quantitative estimate of drug-likeness (QED) is 0.851. The normalized spacial score (nSPS) is 20.4. The number of aryl methyl sites for hydroxylation is 1. The maximum absolute atomic E-state index is 6.17. The van der Waals surface area contributed by atoms with Crippen LogP contribution in [0.1, 0.15) is 38.3 Å². The number of rotatable bonds is 6. The molecule has 108 valence electrons. The van der Waals surface area contributed by atoms with Crippen molar-refractivity contribution in [2.45, 2.75) is 38.3 Å². The van der Waals surface area contributed by atoms with Gasteiger partial charge in [-0.3, -0.25) is 4.68 Å². The largest absolute Gasteiger partial charge is 0.381 e. The lowest BCUT2D eigenvalue weighted by atomic mass is 9.83. The molecule has 1 aromatic heterocycles. The Bertz CT molecular complexity index is 380. The van der Waals surface area contributed by atoms with E-state index in [1.54, 1.807) is 0 Å². The van der Waals surface area contributed by atoms with E-state index in [9.17, 15) is 0 Å². The van der Waals surface area contributed by atoms with Gasteiger partial charge in [0.05, 0.1) is 17.8 Å². The number of ether oxygens (including phenoxy) is 2. The molecule has 1 fully saturated rings. The summed E-state index contributed by atoms with van der Waals surface area (Å²) in [5.74, 6) is 0. The Balaban J connectivity index is 2.27. The molecule has 1 aliphatic heterocycles. The van der Waals surface area contributed by atoms with Crippen molar-refractivity contribution >= 4 is 0 Å². The highest BCUT2D eigenvalue weighted by Crippen LogP contribution is 2.37. The van der Waals surface area contributed by atoms with Crippen LogP contribution in [0.5, 0.6) is 0 Å². The fourth-order valence-corrected chi connectivity index (χ4v) is 2.92. The minimum absolute atomic E-state index is 0.175. The number of hydrogen-bond acceptors (Lipinski definition) is 4. The number of likely N-dealkylation sites (N-methyl/N-ethyl adjacent to an activating group) is 1. The van der Waals surface area contributed by atoms with Crippen molar-refractivity contribution in [3.05, 3.63) is 18.0 Å². The molecule has 0 saturated carbocycles. The Morgan fingerprint density at radius 1 is 1.47 bits per heavy atom. The summed E-state index contributed by atoms with van der Waals surface area (Å²) in [6.45, 7) is 7.35. The Morgan fingerprint density at radius 2 is 2.21 bits per heavy atom. The molecule has 0 amide bonds. The summed E-state index contributed by atoms with van der Waals surface area (Å²) in [5, 5.41) is 7.87. The lowest BCUT2D eigenvalue weighted by Gasteiger charge is -2.43. The molecule has 0 aromatic carbocycles. The van der Waals surface area contributed by atoms with Crippen molar-refractivity contribution in [3.8, 4) is 0 Å². The number of nitrogens with one attached hydrogen (secondary N) is 1. The first-order chi connectivity index (χ1) is 9.22. The topological polar surface area (TPSA) is 48.3 Å². The summed E-state index contributed by atoms with van der Waals surface area (Å²) >= 11 is 0. The van der Waals surface area contributed by atoms with Gasteiger partial charge in [0.2, 0.25) is 0 Å². The summed E-state index contributed by atoms with van der Waals surface area (Å²) in [7, 11) is 1.95. The SMILES string of the molecule is CCNC(c1cnn(C)c1)C1(OCC)CCOCC1. The van der Waals surface area contributed by atoms with Gasteiger partial charge in [-0.05, 0) is 13.5 Å². The first-order valence-corrected chi connectivity index (χ1v) is 7.15. The van der Waals surface area contributed by atoms with Crippen LogP contribution >= 0.6 is 0 Å². The molecule has 2 rings (SSSR count). The van der Waals surface area contributed by atoms with E-state index in [0.717, 1.165) is 39.2 Å². The van der Waals surface area contributed by atoms with E-state index in [4.69, 9.17) is 9.47 Å². The molecule has 19 heavy (non-hydrogen) atoms. The van der Waals surface area contributed by atoms with Gasteiger partial charge in [0.1, 0.15) is 0 Å². The van der Waals surface area contributed by atoms with Crippen LogP contribution in [0.4, 0.5) is 0 Å².